The molecule has 0 aliphatic carbocycles. The summed E-state index contributed by atoms with van der Waals surface area (Å²) in [6.07, 6.45) is 1.78. The first kappa shape index (κ1) is 17.7. The summed E-state index contributed by atoms with van der Waals surface area (Å²) in [5.41, 5.74) is 1.64. The molecular weight excluding hydrogens is 339 g/mol. The molecule has 0 saturated carbocycles. The van der Waals surface area contributed by atoms with E-state index in [2.05, 4.69) is 21.9 Å². The van der Waals surface area contributed by atoms with Crippen molar-refractivity contribution in [3.05, 3.63) is 62.8 Å². The molecule has 1 aromatic carbocycles. The highest BCUT2D eigenvalue weighted by atomic mass is 32.1. The highest BCUT2D eigenvalue weighted by Gasteiger charge is 2.12. The van der Waals surface area contributed by atoms with Gasteiger partial charge in [-0.2, -0.15) is 9.61 Å². The number of hydrogen-bond donors (Lipinski definition) is 0. The van der Waals surface area contributed by atoms with E-state index in [1.807, 2.05) is 6.92 Å². The van der Waals surface area contributed by atoms with Crippen LogP contribution < -0.4 is 5.56 Å². The molecule has 2 heterocycles. The smallest absolute Gasteiger partial charge is 0.275 e. The van der Waals surface area contributed by atoms with E-state index < -0.39 is 0 Å². The lowest BCUT2D eigenvalue weighted by atomic mass is 10.2. The zero-order valence-electron chi connectivity index (χ0n) is 14.4. The largest absolute Gasteiger partial charge is 0.293 e. The molecule has 25 heavy (non-hydrogen) atoms. The van der Waals surface area contributed by atoms with Gasteiger partial charge in [0.05, 0.1) is 5.69 Å². The Bertz CT molecular complexity index is 904. The van der Waals surface area contributed by atoms with Crippen LogP contribution in [0, 0.1) is 5.82 Å². The Morgan fingerprint density at radius 1 is 1.20 bits per heavy atom. The molecule has 7 heteroatoms. The number of aryl methyl sites for hydroxylation is 1. The molecule has 0 aliphatic heterocycles. The molecule has 0 saturated heterocycles. The second-order valence-electron chi connectivity index (χ2n) is 5.97. The number of nitrogens with zero attached hydrogens (tertiary/aromatic N) is 4. The normalized spacial score (nSPS) is 11.5. The predicted molar refractivity (Wildman–Crippen MR) is 97.3 cm³/mol. The Morgan fingerprint density at radius 2 is 1.96 bits per heavy atom. The van der Waals surface area contributed by atoms with Crippen LogP contribution in [0.5, 0.6) is 0 Å². The van der Waals surface area contributed by atoms with Crippen LogP contribution in [0.2, 0.25) is 0 Å². The zero-order valence-corrected chi connectivity index (χ0v) is 15.2. The van der Waals surface area contributed by atoms with Gasteiger partial charge in [-0.15, -0.1) is 0 Å². The standard InChI is InChI=1S/C18H21FN4OS/c1-3-9-22(11-13-5-7-14(19)8-6-13)12-15-10-17(24)23-18(20-15)25-16(4-2)21-23/h5-8,10H,3-4,9,11-12H2,1-2H3. The van der Waals surface area contributed by atoms with Crippen molar-refractivity contribution < 1.29 is 4.39 Å². The molecule has 0 N–H and O–H groups in total. The summed E-state index contributed by atoms with van der Waals surface area (Å²) < 4.78 is 14.4. The fourth-order valence-electron chi connectivity index (χ4n) is 2.73. The summed E-state index contributed by atoms with van der Waals surface area (Å²) >= 11 is 1.45. The van der Waals surface area contributed by atoms with Crippen molar-refractivity contribution in [3.8, 4) is 0 Å². The van der Waals surface area contributed by atoms with Crippen LogP contribution >= 0.6 is 11.3 Å². The molecule has 0 spiro atoms. The third-order valence-corrected chi connectivity index (χ3v) is 4.94. The first-order chi connectivity index (χ1) is 12.1. The Hall–Kier alpha value is -2.12. The number of benzene rings is 1. The third kappa shape index (κ3) is 4.29. The van der Waals surface area contributed by atoms with E-state index in [0.717, 1.165) is 35.7 Å². The van der Waals surface area contributed by atoms with Crippen LogP contribution in [-0.2, 0) is 19.5 Å². The van der Waals surface area contributed by atoms with Crippen LogP contribution in [0.1, 0.15) is 36.5 Å². The van der Waals surface area contributed by atoms with E-state index in [1.54, 1.807) is 18.2 Å². The van der Waals surface area contributed by atoms with Gasteiger partial charge in [-0.05, 0) is 37.1 Å². The molecule has 5 nitrogen and oxygen atoms in total. The van der Waals surface area contributed by atoms with E-state index in [1.165, 1.54) is 28.0 Å². The summed E-state index contributed by atoms with van der Waals surface area (Å²) in [7, 11) is 0. The minimum Gasteiger partial charge on any atom is -0.293 e. The minimum absolute atomic E-state index is 0.144. The fourth-order valence-corrected chi connectivity index (χ4v) is 3.58. The highest BCUT2D eigenvalue weighted by molar-refractivity contribution is 7.16. The maximum Gasteiger partial charge on any atom is 0.275 e. The predicted octanol–water partition coefficient (Wildman–Crippen LogP) is 3.26. The Kier molecular flexibility index (Phi) is 5.55. The molecule has 0 fully saturated rings. The third-order valence-electron chi connectivity index (χ3n) is 3.89. The Morgan fingerprint density at radius 3 is 2.64 bits per heavy atom. The van der Waals surface area contributed by atoms with Gasteiger partial charge in [-0.3, -0.25) is 9.69 Å². The van der Waals surface area contributed by atoms with Gasteiger partial charge in [-0.1, -0.05) is 37.3 Å². The molecule has 132 valence electrons. The molecule has 0 radical (unpaired) electrons. The zero-order chi connectivity index (χ0) is 17.8. The van der Waals surface area contributed by atoms with Crippen LogP contribution in [0.15, 0.2) is 35.1 Å². The van der Waals surface area contributed by atoms with Crippen molar-refractivity contribution in [1.29, 1.82) is 0 Å². The van der Waals surface area contributed by atoms with Gasteiger partial charge in [0.25, 0.3) is 5.56 Å². The molecular formula is C18H21FN4OS. The van der Waals surface area contributed by atoms with Gasteiger partial charge in [0.2, 0.25) is 4.96 Å². The van der Waals surface area contributed by atoms with Gasteiger partial charge in [-0.25, -0.2) is 9.37 Å². The molecule has 0 aliphatic rings. The number of fused-ring (bicyclic) bond motifs is 1. The van der Waals surface area contributed by atoms with Gasteiger partial charge >= 0.3 is 0 Å². The van der Waals surface area contributed by atoms with Crippen molar-refractivity contribution in [2.24, 2.45) is 0 Å². The van der Waals surface area contributed by atoms with E-state index in [9.17, 15) is 9.18 Å². The summed E-state index contributed by atoms with van der Waals surface area (Å²) in [5, 5.41) is 5.18. The lowest BCUT2D eigenvalue weighted by Gasteiger charge is -2.21. The van der Waals surface area contributed by atoms with Gasteiger partial charge in [0.1, 0.15) is 10.8 Å². The maximum atomic E-state index is 13.1. The van der Waals surface area contributed by atoms with Crippen molar-refractivity contribution in [2.45, 2.75) is 39.8 Å². The second kappa shape index (κ2) is 7.84. The molecule has 2 aromatic heterocycles. The van der Waals surface area contributed by atoms with Crippen LogP contribution in [0.3, 0.4) is 0 Å². The quantitative estimate of drug-likeness (QED) is 0.649. The minimum atomic E-state index is -0.233. The van der Waals surface area contributed by atoms with E-state index in [4.69, 9.17) is 0 Å². The van der Waals surface area contributed by atoms with Crippen molar-refractivity contribution in [1.82, 2.24) is 19.5 Å². The van der Waals surface area contributed by atoms with Crippen molar-refractivity contribution in [3.63, 3.8) is 0 Å². The second-order valence-corrected chi connectivity index (χ2v) is 7.01. The molecule has 3 rings (SSSR count). The molecule has 0 amide bonds. The Labute approximate surface area is 149 Å². The molecule has 0 bridgehead atoms. The number of halogens is 1. The SMILES string of the molecule is CCCN(Cc1ccc(F)cc1)Cc1cc(=O)n2nc(CC)sc2n1. The monoisotopic (exact) mass is 360 g/mol. The van der Waals surface area contributed by atoms with Crippen molar-refractivity contribution in [2.75, 3.05) is 6.54 Å². The molecule has 0 atom stereocenters. The first-order valence-electron chi connectivity index (χ1n) is 8.44. The van der Waals surface area contributed by atoms with E-state index in [0.29, 0.717) is 18.1 Å². The Balaban J connectivity index is 1.82. The lowest BCUT2D eigenvalue weighted by molar-refractivity contribution is 0.254. The average molecular weight is 360 g/mol. The average Bonchev–Trinajstić information content (AvgIpc) is 3.01. The van der Waals surface area contributed by atoms with Crippen molar-refractivity contribution >= 4 is 16.3 Å². The van der Waals surface area contributed by atoms with E-state index in [-0.39, 0.29) is 11.4 Å². The summed E-state index contributed by atoms with van der Waals surface area (Å²) in [6.45, 7) is 6.27. The lowest BCUT2D eigenvalue weighted by Crippen LogP contribution is -2.26. The molecule has 0 unspecified atom stereocenters. The fraction of sp³-hybridized carbons (Fsp3) is 0.389. The van der Waals surface area contributed by atoms with E-state index >= 15 is 0 Å². The summed E-state index contributed by atoms with van der Waals surface area (Å²) in [6, 6.07) is 8.08. The van der Waals surface area contributed by atoms with Gasteiger partial charge in [0.15, 0.2) is 0 Å². The highest BCUT2D eigenvalue weighted by Crippen LogP contribution is 2.14. The topological polar surface area (TPSA) is 50.5 Å². The first-order valence-corrected chi connectivity index (χ1v) is 9.26. The van der Waals surface area contributed by atoms with Crippen LogP contribution in [-0.4, -0.2) is 26.0 Å². The number of aromatic nitrogens is 3. The van der Waals surface area contributed by atoms with Gasteiger partial charge < -0.3 is 0 Å². The maximum absolute atomic E-state index is 13.1. The number of rotatable bonds is 7. The number of hydrogen-bond acceptors (Lipinski definition) is 5. The summed E-state index contributed by atoms with van der Waals surface area (Å²) in [5.74, 6) is -0.233. The molecule has 3 aromatic rings. The summed E-state index contributed by atoms with van der Waals surface area (Å²) in [4.78, 5) is 19.7. The van der Waals surface area contributed by atoms with Crippen LogP contribution in [0.25, 0.3) is 4.96 Å². The van der Waals surface area contributed by atoms with Gasteiger partial charge in [0, 0.05) is 19.2 Å². The van der Waals surface area contributed by atoms with Crippen LogP contribution in [0.4, 0.5) is 4.39 Å².